The second-order valence-electron chi connectivity index (χ2n) is 5.98. The molecule has 0 heterocycles. The third-order valence-corrected chi connectivity index (χ3v) is 5.24. The normalized spacial score (nSPS) is 16.0. The first kappa shape index (κ1) is 16.6. The van der Waals surface area contributed by atoms with Crippen molar-refractivity contribution < 1.29 is 9.47 Å². The highest BCUT2D eigenvalue weighted by atomic mass is 79.9. The molecule has 118 valence electrons. The summed E-state index contributed by atoms with van der Waals surface area (Å²) in [4.78, 5) is 2.61. The number of nitrogens with zero attached hydrogens (tertiary/aromatic N) is 1. The molecule has 1 aliphatic rings. The Labute approximate surface area is 136 Å². The monoisotopic (exact) mass is 355 g/mol. The van der Waals surface area contributed by atoms with Crippen molar-refractivity contribution in [1.82, 2.24) is 4.90 Å². The molecule has 0 bridgehead atoms. The smallest absolute Gasteiger partial charge is 0.175 e. The van der Waals surface area contributed by atoms with Gasteiger partial charge in [0.15, 0.2) is 11.5 Å². The lowest BCUT2D eigenvalue weighted by Gasteiger charge is -2.33. The first-order chi connectivity index (χ1) is 10.1. The van der Waals surface area contributed by atoms with Gasteiger partial charge in [-0.15, -0.1) is 0 Å². The molecule has 4 heteroatoms. The molecule has 0 N–H and O–H groups in total. The second-order valence-corrected chi connectivity index (χ2v) is 6.77. The number of hydrogen-bond donors (Lipinski definition) is 0. The minimum atomic E-state index is 0.549. The van der Waals surface area contributed by atoms with Crippen LogP contribution in [-0.4, -0.2) is 31.2 Å². The molecule has 0 radical (unpaired) electrons. The average Bonchev–Trinajstić information content (AvgIpc) is 2.99. The van der Waals surface area contributed by atoms with Gasteiger partial charge in [0.25, 0.3) is 0 Å². The average molecular weight is 356 g/mol. The molecule has 0 saturated heterocycles. The van der Waals surface area contributed by atoms with Crippen LogP contribution in [0, 0.1) is 0 Å². The van der Waals surface area contributed by atoms with Crippen LogP contribution in [0.15, 0.2) is 16.6 Å². The third kappa shape index (κ3) is 3.72. The molecular weight excluding hydrogens is 330 g/mol. The lowest BCUT2D eigenvalue weighted by molar-refractivity contribution is 0.145. The number of halogens is 1. The van der Waals surface area contributed by atoms with Gasteiger partial charge in [0.1, 0.15) is 0 Å². The van der Waals surface area contributed by atoms with Crippen LogP contribution in [0.4, 0.5) is 0 Å². The summed E-state index contributed by atoms with van der Waals surface area (Å²) in [5.74, 6) is 1.55. The minimum absolute atomic E-state index is 0.549. The SMILES string of the molecule is COc1ccc(CN(C(C)C)C2CCCC2)c(Br)c1OC. The fourth-order valence-corrected chi connectivity index (χ4v) is 3.83. The Morgan fingerprint density at radius 3 is 2.38 bits per heavy atom. The largest absolute Gasteiger partial charge is 0.493 e. The van der Waals surface area contributed by atoms with E-state index in [2.05, 4.69) is 40.7 Å². The molecular formula is C17H26BrNO2. The summed E-state index contributed by atoms with van der Waals surface area (Å²) >= 11 is 3.69. The van der Waals surface area contributed by atoms with Crippen molar-refractivity contribution in [2.75, 3.05) is 14.2 Å². The van der Waals surface area contributed by atoms with Crippen LogP contribution in [-0.2, 0) is 6.54 Å². The van der Waals surface area contributed by atoms with Crippen molar-refractivity contribution in [2.24, 2.45) is 0 Å². The Kier molecular flexibility index (Phi) is 5.94. The Balaban J connectivity index is 2.24. The summed E-state index contributed by atoms with van der Waals surface area (Å²) in [6.07, 6.45) is 5.37. The summed E-state index contributed by atoms with van der Waals surface area (Å²) in [6.45, 7) is 5.52. The van der Waals surface area contributed by atoms with E-state index in [1.54, 1.807) is 14.2 Å². The molecule has 3 nitrogen and oxygen atoms in total. The van der Waals surface area contributed by atoms with E-state index in [9.17, 15) is 0 Å². The predicted molar refractivity (Wildman–Crippen MR) is 90.2 cm³/mol. The summed E-state index contributed by atoms with van der Waals surface area (Å²) in [6, 6.07) is 5.39. The summed E-state index contributed by atoms with van der Waals surface area (Å²) < 4.78 is 11.8. The lowest BCUT2D eigenvalue weighted by Crippen LogP contribution is -2.38. The lowest BCUT2D eigenvalue weighted by atomic mass is 10.1. The molecule has 1 aromatic carbocycles. The summed E-state index contributed by atoms with van der Waals surface area (Å²) in [5.41, 5.74) is 1.26. The van der Waals surface area contributed by atoms with Crippen molar-refractivity contribution in [1.29, 1.82) is 0 Å². The molecule has 21 heavy (non-hydrogen) atoms. The number of rotatable bonds is 6. The van der Waals surface area contributed by atoms with E-state index in [0.29, 0.717) is 12.1 Å². The van der Waals surface area contributed by atoms with Crippen LogP contribution < -0.4 is 9.47 Å². The van der Waals surface area contributed by atoms with Crippen molar-refractivity contribution in [3.05, 3.63) is 22.2 Å². The third-order valence-electron chi connectivity index (χ3n) is 4.37. The molecule has 0 unspecified atom stereocenters. The first-order valence-electron chi connectivity index (χ1n) is 7.73. The highest BCUT2D eigenvalue weighted by molar-refractivity contribution is 9.10. The maximum atomic E-state index is 5.48. The Morgan fingerprint density at radius 2 is 1.86 bits per heavy atom. The molecule has 0 amide bonds. The van der Waals surface area contributed by atoms with E-state index in [4.69, 9.17) is 9.47 Å². The van der Waals surface area contributed by atoms with Gasteiger partial charge in [0.2, 0.25) is 0 Å². The van der Waals surface area contributed by atoms with Gasteiger partial charge >= 0.3 is 0 Å². The molecule has 0 spiro atoms. The standard InChI is InChI=1S/C17H26BrNO2/c1-12(2)19(14-7-5-6-8-14)11-13-9-10-15(20-3)17(21-4)16(13)18/h9-10,12,14H,5-8,11H2,1-4H3. The van der Waals surface area contributed by atoms with Gasteiger partial charge in [-0.05, 0) is 54.2 Å². The molecule has 1 aromatic rings. The second kappa shape index (κ2) is 7.50. The van der Waals surface area contributed by atoms with E-state index in [0.717, 1.165) is 22.5 Å². The fraction of sp³-hybridized carbons (Fsp3) is 0.647. The van der Waals surface area contributed by atoms with Crippen molar-refractivity contribution in [2.45, 2.75) is 58.2 Å². The van der Waals surface area contributed by atoms with Gasteiger partial charge in [0, 0.05) is 18.6 Å². The topological polar surface area (TPSA) is 21.7 Å². The van der Waals surface area contributed by atoms with Gasteiger partial charge in [0.05, 0.1) is 18.7 Å². The van der Waals surface area contributed by atoms with Gasteiger partial charge in [-0.2, -0.15) is 0 Å². The van der Waals surface area contributed by atoms with Crippen LogP contribution in [0.1, 0.15) is 45.1 Å². The van der Waals surface area contributed by atoms with Gasteiger partial charge in [-0.3, -0.25) is 4.90 Å². The van der Waals surface area contributed by atoms with Crippen LogP contribution in [0.25, 0.3) is 0 Å². The highest BCUT2D eigenvalue weighted by Crippen LogP contribution is 2.39. The molecule has 1 saturated carbocycles. The molecule has 2 rings (SSSR count). The molecule has 0 aromatic heterocycles. The Bertz CT molecular complexity index is 470. The van der Waals surface area contributed by atoms with E-state index >= 15 is 0 Å². The van der Waals surface area contributed by atoms with Crippen LogP contribution in [0.5, 0.6) is 11.5 Å². The minimum Gasteiger partial charge on any atom is -0.493 e. The van der Waals surface area contributed by atoms with Crippen LogP contribution in [0.2, 0.25) is 0 Å². The number of hydrogen-bond acceptors (Lipinski definition) is 3. The van der Waals surface area contributed by atoms with Crippen molar-refractivity contribution in [3.8, 4) is 11.5 Å². The predicted octanol–water partition coefficient (Wildman–Crippen LogP) is 4.62. The van der Waals surface area contributed by atoms with Crippen LogP contribution in [0.3, 0.4) is 0 Å². The Hall–Kier alpha value is -0.740. The van der Waals surface area contributed by atoms with E-state index in [1.165, 1.54) is 31.2 Å². The van der Waals surface area contributed by atoms with Crippen molar-refractivity contribution in [3.63, 3.8) is 0 Å². The van der Waals surface area contributed by atoms with E-state index in [-0.39, 0.29) is 0 Å². The molecule has 0 atom stereocenters. The molecule has 1 aliphatic carbocycles. The highest BCUT2D eigenvalue weighted by Gasteiger charge is 2.26. The Morgan fingerprint density at radius 1 is 1.19 bits per heavy atom. The van der Waals surface area contributed by atoms with Gasteiger partial charge < -0.3 is 9.47 Å². The van der Waals surface area contributed by atoms with Gasteiger partial charge in [-0.1, -0.05) is 18.9 Å². The summed E-state index contributed by atoms with van der Waals surface area (Å²) in [5, 5.41) is 0. The molecule has 1 fully saturated rings. The number of methoxy groups -OCH3 is 2. The van der Waals surface area contributed by atoms with E-state index in [1.807, 2.05) is 6.07 Å². The van der Waals surface area contributed by atoms with Crippen LogP contribution >= 0.6 is 15.9 Å². The zero-order valence-corrected chi connectivity index (χ0v) is 15.1. The van der Waals surface area contributed by atoms with Crippen molar-refractivity contribution >= 4 is 15.9 Å². The quantitative estimate of drug-likeness (QED) is 0.742. The molecule has 0 aliphatic heterocycles. The zero-order valence-electron chi connectivity index (χ0n) is 13.5. The summed E-state index contributed by atoms with van der Waals surface area (Å²) in [7, 11) is 3.35. The fourth-order valence-electron chi connectivity index (χ4n) is 3.22. The maximum absolute atomic E-state index is 5.48. The maximum Gasteiger partial charge on any atom is 0.175 e. The van der Waals surface area contributed by atoms with Gasteiger partial charge in [-0.25, -0.2) is 0 Å². The number of ether oxygens (including phenoxy) is 2. The zero-order chi connectivity index (χ0) is 15.4. The van der Waals surface area contributed by atoms with E-state index < -0.39 is 0 Å². The number of benzene rings is 1. The first-order valence-corrected chi connectivity index (χ1v) is 8.52.